The third kappa shape index (κ3) is 7.54. The van der Waals surface area contributed by atoms with Crippen LogP contribution in [0.2, 0.25) is 0 Å². The molecule has 0 spiro atoms. The molecule has 2 rings (SSSR count). The van der Waals surface area contributed by atoms with Crippen LogP contribution >= 0.6 is 0 Å². The van der Waals surface area contributed by atoms with E-state index in [2.05, 4.69) is 5.32 Å². The second-order valence-electron chi connectivity index (χ2n) is 9.91. The lowest BCUT2D eigenvalue weighted by Gasteiger charge is -2.33. The van der Waals surface area contributed by atoms with Gasteiger partial charge in [0.2, 0.25) is 11.8 Å². The minimum atomic E-state index is -3.99. The molecule has 0 heterocycles. The number of carbonyl (C=O) groups excluding carboxylic acids is 2. The van der Waals surface area contributed by atoms with Crippen LogP contribution in [0.3, 0.4) is 0 Å². The quantitative estimate of drug-likeness (QED) is 0.496. The maximum absolute atomic E-state index is 13.8. The maximum atomic E-state index is 13.8. The molecule has 0 aliphatic rings. The number of nitrogens with one attached hydrogen (secondary N) is 1. The fraction of sp³-hybridized carbons (Fsp3) is 0.481. The van der Waals surface area contributed by atoms with Gasteiger partial charge in [-0.2, -0.15) is 12.7 Å². The number of benzene rings is 2. The Balaban J connectivity index is 2.49. The zero-order valence-electron chi connectivity index (χ0n) is 22.7. The van der Waals surface area contributed by atoms with E-state index in [0.29, 0.717) is 12.2 Å². The average Bonchev–Trinajstić information content (AvgIpc) is 2.80. The third-order valence-corrected chi connectivity index (χ3v) is 7.75. The highest BCUT2D eigenvalue weighted by Gasteiger charge is 2.33. The molecule has 0 saturated carbocycles. The normalized spacial score (nSPS) is 12.5. The molecule has 0 aliphatic heterocycles. The zero-order valence-corrected chi connectivity index (χ0v) is 23.5. The number of amides is 2. The van der Waals surface area contributed by atoms with E-state index >= 15 is 0 Å². The second kappa shape index (κ2) is 12.4. The lowest BCUT2D eigenvalue weighted by atomic mass is 10.1. The Bertz CT molecular complexity index is 1180. The van der Waals surface area contributed by atoms with Gasteiger partial charge >= 0.3 is 10.2 Å². The molecule has 2 amide bonds. The van der Waals surface area contributed by atoms with Gasteiger partial charge in [-0.1, -0.05) is 55.8 Å². The van der Waals surface area contributed by atoms with E-state index < -0.39 is 28.7 Å². The topological polar surface area (TPSA) is 90.0 Å². The molecule has 1 atom stereocenters. The Kier molecular flexibility index (Phi) is 10.1. The molecule has 0 saturated heterocycles. The van der Waals surface area contributed by atoms with Crippen LogP contribution in [0, 0.1) is 26.7 Å². The molecule has 0 radical (unpaired) electrons. The number of nitrogens with zero attached hydrogens (tertiary/aromatic N) is 3. The Hall–Kier alpha value is -2.91. The van der Waals surface area contributed by atoms with Gasteiger partial charge in [0.05, 0.1) is 5.69 Å². The summed E-state index contributed by atoms with van der Waals surface area (Å²) in [5, 5.41) is 2.89. The smallest absolute Gasteiger partial charge is 0.304 e. The Labute approximate surface area is 216 Å². The van der Waals surface area contributed by atoms with E-state index in [1.807, 2.05) is 71.0 Å². The molecule has 0 aromatic heterocycles. The molecule has 36 heavy (non-hydrogen) atoms. The number of rotatable bonds is 11. The van der Waals surface area contributed by atoms with Crippen molar-refractivity contribution in [3.63, 3.8) is 0 Å². The first kappa shape index (κ1) is 29.3. The fourth-order valence-corrected chi connectivity index (χ4v) is 4.85. The van der Waals surface area contributed by atoms with Crippen molar-refractivity contribution < 1.29 is 18.0 Å². The Morgan fingerprint density at radius 1 is 0.944 bits per heavy atom. The molecule has 8 nitrogen and oxygen atoms in total. The van der Waals surface area contributed by atoms with Gasteiger partial charge in [-0.25, -0.2) is 4.31 Å². The summed E-state index contributed by atoms with van der Waals surface area (Å²) in [7, 11) is -1.12. The summed E-state index contributed by atoms with van der Waals surface area (Å²) < 4.78 is 28.9. The van der Waals surface area contributed by atoms with Crippen molar-refractivity contribution in [2.24, 2.45) is 5.92 Å². The first-order valence-corrected chi connectivity index (χ1v) is 13.5. The summed E-state index contributed by atoms with van der Waals surface area (Å²) >= 11 is 0. The van der Waals surface area contributed by atoms with Gasteiger partial charge in [-0.05, 0) is 56.4 Å². The summed E-state index contributed by atoms with van der Waals surface area (Å²) in [4.78, 5) is 28.2. The molecule has 2 aromatic rings. The van der Waals surface area contributed by atoms with E-state index in [9.17, 15) is 18.0 Å². The standard InChI is InChI=1S/C27H40N4O4S/c1-19(2)16-28-27(33)23(6)30(17-24-11-9-10-20(3)14-24)26(32)18-31(36(34,35)29(7)8)25-15-21(4)12-13-22(25)5/h9-15,19,23H,16-18H2,1-8H3,(H,28,33)/t23-/m0/s1. The molecule has 0 aliphatic carbocycles. The minimum absolute atomic E-state index is 0.180. The Morgan fingerprint density at radius 2 is 1.58 bits per heavy atom. The highest BCUT2D eigenvalue weighted by Crippen LogP contribution is 2.26. The summed E-state index contributed by atoms with van der Waals surface area (Å²) in [5.74, 6) is -0.486. The first-order valence-electron chi connectivity index (χ1n) is 12.1. The lowest BCUT2D eigenvalue weighted by molar-refractivity contribution is -0.139. The minimum Gasteiger partial charge on any atom is -0.354 e. The fourth-order valence-electron chi connectivity index (χ4n) is 3.73. The van der Waals surface area contributed by atoms with E-state index in [1.165, 1.54) is 19.0 Å². The van der Waals surface area contributed by atoms with Crippen molar-refractivity contribution in [1.29, 1.82) is 0 Å². The van der Waals surface area contributed by atoms with Gasteiger partial charge in [0.25, 0.3) is 0 Å². The van der Waals surface area contributed by atoms with Gasteiger partial charge in [-0.15, -0.1) is 0 Å². The van der Waals surface area contributed by atoms with Crippen LogP contribution in [-0.4, -0.2) is 62.7 Å². The van der Waals surface area contributed by atoms with E-state index in [0.717, 1.165) is 30.9 Å². The summed E-state index contributed by atoms with van der Waals surface area (Å²) in [6.07, 6.45) is 0. The van der Waals surface area contributed by atoms with Crippen molar-refractivity contribution in [2.45, 2.75) is 54.1 Å². The highest BCUT2D eigenvalue weighted by molar-refractivity contribution is 7.90. The number of aryl methyl sites for hydroxylation is 3. The van der Waals surface area contributed by atoms with Gasteiger partial charge in [-0.3, -0.25) is 9.59 Å². The van der Waals surface area contributed by atoms with Crippen molar-refractivity contribution in [3.8, 4) is 0 Å². The predicted molar refractivity (Wildman–Crippen MR) is 145 cm³/mol. The van der Waals surface area contributed by atoms with Crippen LogP contribution < -0.4 is 9.62 Å². The van der Waals surface area contributed by atoms with Crippen LogP contribution in [-0.2, 0) is 26.3 Å². The molecule has 0 fully saturated rings. The summed E-state index contributed by atoms with van der Waals surface area (Å²) in [6, 6.07) is 12.4. The van der Waals surface area contributed by atoms with Crippen molar-refractivity contribution in [3.05, 3.63) is 64.7 Å². The number of anilines is 1. The van der Waals surface area contributed by atoms with E-state index in [4.69, 9.17) is 0 Å². The maximum Gasteiger partial charge on any atom is 0.304 e. The molecule has 0 bridgehead atoms. The van der Waals surface area contributed by atoms with Crippen LogP contribution in [0.5, 0.6) is 0 Å². The number of carbonyl (C=O) groups is 2. The van der Waals surface area contributed by atoms with Gasteiger partial charge in [0.15, 0.2) is 0 Å². The van der Waals surface area contributed by atoms with Gasteiger partial charge < -0.3 is 10.2 Å². The third-order valence-electron chi connectivity index (χ3n) is 5.94. The molecule has 9 heteroatoms. The van der Waals surface area contributed by atoms with Crippen LogP contribution in [0.1, 0.15) is 43.0 Å². The summed E-state index contributed by atoms with van der Waals surface area (Å²) in [6.45, 7) is 11.5. The number of hydrogen-bond acceptors (Lipinski definition) is 4. The van der Waals surface area contributed by atoms with Crippen LogP contribution in [0.15, 0.2) is 42.5 Å². The Morgan fingerprint density at radius 3 is 2.17 bits per heavy atom. The van der Waals surface area contributed by atoms with Gasteiger partial charge in [0.1, 0.15) is 12.6 Å². The molecule has 2 aromatic carbocycles. The molecule has 1 N–H and O–H groups in total. The zero-order chi connectivity index (χ0) is 27.2. The lowest BCUT2D eigenvalue weighted by Crippen LogP contribution is -2.52. The van der Waals surface area contributed by atoms with E-state index in [-0.39, 0.29) is 18.4 Å². The van der Waals surface area contributed by atoms with Crippen LogP contribution in [0.25, 0.3) is 0 Å². The predicted octanol–water partition coefficient (Wildman–Crippen LogP) is 3.41. The monoisotopic (exact) mass is 516 g/mol. The van der Waals surface area contributed by atoms with E-state index in [1.54, 1.807) is 13.0 Å². The van der Waals surface area contributed by atoms with Crippen molar-refractivity contribution >= 4 is 27.7 Å². The number of hydrogen-bond donors (Lipinski definition) is 1. The van der Waals surface area contributed by atoms with Crippen molar-refractivity contribution in [2.75, 3.05) is 31.5 Å². The van der Waals surface area contributed by atoms with Crippen LogP contribution in [0.4, 0.5) is 5.69 Å². The summed E-state index contributed by atoms with van der Waals surface area (Å²) in [5.41, 5.74) is 3.93. The highest BCUT2D eigenvalue weighted by atomic mass is 32.2. The SMILES string of the molecule is Cc1cccc(CN(C(=O)CN(c2cc(C)ccc2C)S(=O)(=O)N(C)C)[C@@H](C)C(=O)NCC(C)C)c1. The average molecular weight is 517 g/mol. The molecular formula is C27H40N4O4S. The van der Waals surface area contributed by atoms with Gasteiger partial charge in [0, 0.05) is 27.2 Å². The first-order chi connectivity index (χ1) is 16.7. The molecule has 198 valence electrons. The largest absolute Gasteiger partial charge is 0.354 e. The second-order valence-corrected chi connectivity index (χ2v) is 12.0. The molecule has 0 unspecified atom stereocenters. The molecular weight excluding hydrogens is 476 g/mol. The van der Waals surface area contributed by atoms with Crippen molar-refractivity contribution in [1.82, 2.24) is 14.5 Å².